The summed E-state index contributed by atoms with van der Waals surface area (Å²) in [6.45, 7) is 1.19. The molecule has 3 aliphatic rings. The highest BCUT2D eigenvalue weighted by Gasteiger charge is 2.40. The molecule has 1 aliphatic carbocycles. The zero-order valence-corrected chi connectivity index (χ0v) is 19.3. The summed E-state index contributed by atoms with van der Waals surface area (Å²) in [6.07, 6.45) is 2.54. The number of β-amino-alcohol motifs (C(OH)–C–C–N with tert-alkyl or cyclic N) is 1. The van der Waals surface area contributed by atoms with Crippen LogP contribution in [0.15, 0.2) is 18.2 Å². The normalized spacial score (nSPS) is 28.3. The summed E-state index contributed by atoms with van der Waals surface area (Å²) in [5, 5.41) is 16.9. The van der Waals surface area contributed by atoms with Gasteiger partial charge in [0.1, 0.15) is 6.10 Å². The van der Waals surface area contributed by atoms with E-state index in [9.17, 15) is 14.7 Å². The van der Waals surface area contributed by atoms with Crippen LogP contribution in [0.1, 0.15) is 32.1 Å². The summed E-state index contributed by atoms with van der Waals surface area (Å²) in [7, 11) is 0. The number of carbonyl (C=O) groups is 2. The third-order valence-corrected chi connectivity index (χ3v) is 6.49. The summed E-state index contributed by atoms with van der Waals surface area (Å²) in [5.41, 5.74) is 0.471. The highest BCUT2D eigenvalue weighted by atomic mass is 35.5. The van der Waals surface area contributed by atoms with Crippen LogP contribution in [0, 0.1) is 5.92 Å². The van der Waals surface area contributed by atoms with Crippen LogP contribution in [0.3, 0.4) is 0 Å². The van der Waals surface area contributed by atoms with Crippen molar-refractivity contribution in [3.8, 4) is 0 Å². The summed E-state index contributed by atoms with van der Waals surface area (Å²) < 4.78 is 11.8. The van der Waals surface area contributed by atoms with Gasteiger partial charge in [-0.25, -0.2) is 4.79 Å². The highest BCUT2D eigenvalue weighted by molar-refractivity contribution is 6.35. The van der Waals surface area contributed by atoms with Crippen LogP contribution >= 0.6 is 23.2 Å². The molecule has 176 valence electrons. The summed E-state index contributed by atoms with van der Waals surface area (Å²) in [5.74, 6) is 0.623. The summed E-state index contributed by atoms with van der Waals surface area (Å²) >= 11 is 12.1. The van der Waals surface area contributed by atoms with E-state index in [-0.39, 0.29) is 49.9 Å². The largest absolute Gasteiger partial charge is 0.389 e. The highest BCUT2D eigenvalue weighted by Crippen LogP contribution is 2.30. The van der Waals surface area contributed by atoms with Gasteiger partial charge in [-0.2, -0.15) is 0 Å². The smallest absolute Gasteiger partial charge is 0.322 e. The van der Waals surface area contributed by atoms with Crippen molar-refractivity contribution in [2.24, 2.45) is 5.92 Å². The average Bonchev–Trinajstić information content (AvgIpc) is 3.53. The Labute approximate surface area is 197 Å². The van der Waals surface area contributed by atoms with Gasteiger partial charge in [-0.3, -0.25) is 4.79 Å². The van der Waals surface area contributed by atoms with Crippen LogP contribution in [0.2, 0.25) is 10.0 Å². The molecule has 1 aromatic rings. The van der Waals surface area contributed by atoms with Crippen molar-refractivity contribution >= 4 is 40.8 Å². The third kappa shape index (κ3) is 6.48. The Kier molecular flexibility index (Phi) is 7.78. The van der Waals surface area contributed by atoms with E-state index >= 15 is 0 Å². The van der Waals surface area contributed by atoms with Gasteiger partial charge in [0, 0.05) is 22.3 Å². The number of urea groups is 1. The predicted molar refractivity (Wildman–Crippen MR) is 121 cm³/mol. The molecule has 4 rings (SSSR count). The Morgan fingerprint density at radius 2 is 1.84 bits per heavy atom. The number of ether oxygens (including phenoxy) is 2. The number of aliphatic hydroxyl groups is 1. The van der Waals surface area contributed by atoms with E-state index in [1.807, 2.05) is 0 Å². The fourth-order valence-electron chi connectivity index (χ4n) is 4.25. The van der Waals surface area contributed by atoms with Gasteiger partial charge in [-0.1, -0.05) is 23.2 Å². The fraction of sp³-hybridized carbons (Fsp3) is 0.636. The zero-order valence-electron chi connectivity index (χ0n) is 17.8. The second-order valence-electron chi connectivity index (χ2n) is 8.82. The number of amides is 3. The SMILES string of the molecule is O=C(C[C@@H]1CC[C@H]2[C@@H](COC[C@@H](O)CN2C(=O)Nc2cc(Cl)cc(Cl)c2)O1)NCC1CC1. The van der Waals surface area contributed by atoms with Gasteiger partial charge < -0.3 is 30.1 Å². The Morgan fingerprint density at radius 1 is 1.09 bits per heavy atom. The molecule has 1 aromatic carbocycles. The molecule has 0 radical (unpaired) electrons. The monoisotopic (exact) mass is 485 g/mol. The van der Waals surface area contributed by atoms with Crippen molar-refractivity contribution < 1.29 is 24.2 Å². The molecule has 0 aromatic heterocycles. The van der Waals surface area contributed by atoms with Crippen LogP contribution in [-0.4, -0.2) is 72.6 Å². The Hall–Kier alpha value is -1.58. The first kappa shape index (κ1) is 23.6. The van der Waals surface area contributed by atoms with E-state index in [2.05, 4.69) is 10.6 Å². The molecule has 0 spiro atoms. The molecule has 8 nitrogen and oxygen atoms in total. The number of benzene rings is 1. The van der Waals surface area contributed by atoms with Crippen molar-refractivity contribution in [3.63, 3.8) is 0 Å². The molecule has 10 heteroatoms. The minimum absolute atomic E-state index is 0.00466. The van der Waals surface area contributed by atoms with E-state index in [4.69, 9.17) is 32.7 Å². The molecule has 1 saturated carbocycles. The number of carbonyl (C=O) groups excluding carboxylic acids is 2. The molecular formula is C22H29Cl2N3O5. The van der Waals surface area contributed by atoms with E-state index in [0.717, 1.165) is 6.54 Å². The lowest BCUT2D eigenvalue weighted by Gasteiger charge is -2.44. The van der Waals surface area contributed by atoms with Crippen LogP contribution < -0.4 is 10.6 Å². The lowest BCUT2D eigenvalue weighted by Crippen LogP contribution is -2.58. The number of aliphatic hydroxyl groups excluding tert-OH is 1. The molecule has 3 amide bonds. The van der Waals surface area contributed by atoms with E-state index in [1.54, 1.807) is 23.1 Å². The second kappa shape index (κ2) is 10.6. The molecule has 0 unspecified atom stereocenters. The number of fused-ring (bicyclic) bond motifs is 1. The lowest BCUT2D eigenvalue weighted by molar-refractivity contribution is -0.149. The fourth-order valence-corrected chi connectivity index (χ4v) is 4.78. The Bertz CT molecular complexity index is 818. The van der Waals surface area contributed by atoms with Crippen molar-refractivity contribution in [1.29, 1.82) is 0 Å². The summed E-state index contributed by atoms with van der Waals surface area (Å²) in [6, 6.07) is 4.15. The minimum Gasteiger partial charge on any atom is -0.389 e. The van der Waals surface area contributed by atoms with Gasteiger partial charge in [-0.15, -0.1) is 0 Å². The molecule has 0 bridgehead atoms. The maximum Gasteiger partial charge on any atom is 0.322 e. The van der Waals surface area contributed by atoms with Gasteiger partial charge in [0.2, 0.25) is 5.91 Å². The minimum atomic E-state index is -0.810. The lowest BCUT2D eigenvalue weighted by atomic mass is 9.95. The van der Waals surface area contributed by atoms with Crippen molar-refractivity contribution in [3.05, 3.63) is 28.2 Å². The Balaban J connectivity index is 1.40. The Morgan fingerprint density at radius 3 is 2.56 bits per heavy atom. The molecule has 32 heavy (non-hydrogen) atoms. The van der Waals surface area contributed by atoms with Gasteiger partial charge in [0.05, 0.1) is 44.4 Å². The molecule has 2 aliphatic heterocycles. The number of anilines is 1. The van der Waals surface area contributed by atoms with Gasteiger partial charge >= 0.3 is 6.03 Å². The maximum atomic E-state index is 13.1. The van der Waals surface area contributed by atoms with Gasteiger partial charge in [0.15, 0.2) is 0 Å². The summed E-state index contributed by atoms with van der Waals surface area (Å²) in [4.78, 5) is 27.0. The van der Waals surface area contributed by atoms with Gasteiger partial charge in [0.25, 0.3) is 0 Å². The first-order valence-corrected chi connectivity index (χ1v) is 11.8. The molecule has 2 heterocycles. The van der Waals surface area contributed by atoms with Crippen LogP contribution in [-0.2, 0) is 14.3 Å². The van der Waals surface area contributed by atoms with E-state index in [1.165, 1.54) is 12.8 Å². The first-order valence-electron chi connectivity index (χ1n) is 11.1. The molecule has 3 fully saturated rings. The van der Waals surface area contributed by atoms with Crippen LogP contribution in [0.5, 0.6) is 0 Å². The molecule has 4 atom stereocenters. The van der Waals surface area contributed by atoms with Crippen molar-refractivity contribution in [2.45, 2.75) is 56.5 Å². The van der Waals surface area contributed by atoms with Crippen LogP contribution in [0.4, 0.5) is 10.5 Å². The quantitative estimate of drug-likeness (QED) is 0.594. The molecular weight excluding hydrogens is 457 g/mol. The topological polar surface area (TPSA) is 100 Å². The first-order chi connectivity index (χ1) is 15.4. The standard InChI is InChI=1S/C22H29Cl2N3O5/c23-14-5-15(24)7-16(6-14)26-22(30)27-10-17(28)11-31-12-20-19(27)4-3-18(32-20)8-21(29)25-9-13-1-2-13/h5-7,13,17-20,28H,1-4,8-12H2,(H,25,29)(H,26,30)/t17-,18-,19-,20+/m0/s1. The van der Waals surface area contributed by atoms with E-state index < -0.39 is 6.10 Å². The number of hydrogen-bond donors (Lipinski definition) is 3. The van der Waals surface area contributed by atoms with Crippen molar-refractivity contribution in [2.75, 3.05) is 31.6 Å². The number of hydrogen-bond acceptors (Lipinski definition) is 5. The van der Waals surface area contributed by atoms with Gasteiger partial charge in [-0.05, 0) is 49.8 Å². The molecule has 3 N–H and O–H groups in total. The second-order valence-corrected chi connectivity index (χ2v) is 9.70. The number of rotatable bonds is 5. The number of nitrogens with one attached hydrogen (secondary N) is 2. The number of nitrogens with zero attached hydrogens (tertiary/aromatic N) is 1. The predicted octanol–water partition coefficient (Wildman–Crippen LogP) is 3.05. The average molecular weight is 486 g/mol. The third-order valence-electron chi connectivity index (χ3n) is 6.05. The number of halogens is 2. The molecule has 2 saturated heterocycles. The van der Waals surface area contributed by atoms with Crippen molar-refractivity contribution in [1.82, 2.24) is 10.2 Å². The maximum absolute atomic E-state index is 13.1. The van der Waals surface area contributed by atoms with Crippen LogP contribution in [0.25, 0.3) is 0 Å². The zero-order chi connectivity index (χ0) is 22.7. The van der Waals surface area contributed by atoms with E-state index in [0.29, 0.717) is 40.9 Å².